The number of aromatic amines is 1. The van der Waals surface area contributed by atoms with E-state index in [0.717, 1.165) is 17.0 Å². The van der Waals surface area contributed by atoms with Crippen LogP contribution < -0.4 is 0 Å². The smallest absolute Gasteiger partial charge is 0.321 e. The fourth-order valence-electron chi connectivity index (χ4n) is 2.57. The van der Waals surface area contributed by atoms with Crippen LogP contribution in [0.1, 0.15) is 33.5 Å². The van der Waals surface area contributed by atoms with Crippen molar-refractivity contribution in [1.29, 1.82) is 0 Å². The first kappa shape index (κ1) is 14.0. The van der Waals surface area contributed by atoms with Crippen LogP contribution in [-0.2, 0) is 24.3 Å². The molecule has 0 aromatic carbocycles. The van der Waals surface area contributed by atoms with Gasteiger partial charge in [-0.3, -0.25) is 14.5 Å². The van der Waals surface area contributed by atoms with Gasteiger partial charge in [0.25, 0.3) is 0 Å². The molecule has 1 aliphatic heterocycles. The molecule has 6 nitrogen and oxygen atoms in total. The number of nitrogens with zero attached hydrogens (tertiary/aromatic N) is 2. The normalized spacial score (nSPS) is 18.4. The average Bonchev–Trinajstić information content (AvgIpc) is 3.05. The molecule has 3 rings (SSSR count). The third kappa shape index (κ3) is 2.74. The number of nitrogens with one attached hydrogen (secondary N) is 1. The van der Waals surface area contributed by atoms with Crippen molar-refractivity contribution in [3.8, 4) is 0 Å². The lowest BCUT2D eigenvalue weighted by atomic mass is 10.0. The Morgan fingerprint density at radius 2 is 2.38 bits per heavy atom. The number of ketones is 1. The molecular weight excluding hydrogens is 290 g/mol. The highest BCUT2D eigenvalue weighted by Gasteiger charge is 2.32. The van der Waals surface area contributed by atoms with Gasteiger partial charge in [0.05, 0.1) is 22.6 Å². The number of rotatable bonds is 4. The molecule has 7 heteroatoms. The number of carboxylic acid groups (broad SMARTS) is 1. The Balaban J connectivity index is 1.82. The summed E-state index contributed by atoms with van der Waals surface area (Å²) in [4.78, 5) is 32.6. The lowest BCUT2D eigenvalue weighted by Gasteiger charge is -2.31. The average molecular weight is 305 g/mol. The van der Waals surface area contributed by atoms with Crippen molar-refractivity contribution in [1.82, 2.24) is 14.9 Å². The first-order valence-corrected chi connectivity index (χ1v) is 7.49. The second-order valence-corrected chi connectivity index (χ2v) is 6.08. The molecule has 0 aliphatic carbocycles. The van der Waals surface area contributed by atoms with Crippen molar-refractivity contribution in [3.63, 3.8) is 0 Å². The van der Waals surface area contributed by atoms with Crippen LogP contribution in [0.2, 0.25) is 0 Å². The molecule has 1 atom stereocenters. The molecule has 0 saturated carbocycles. The van der Waals surface area contributed by atoms with Crippen LogP contribution in [0.4, 0.5) is 0 Å². The number of carbonyl (C=O) groups excluding carboxylic acids is 1. The molecule has 0 saturated heterocycles. The Morgan fingerprint density at radius 1 is 1.57 bits per heavy atom. The van der Waals surface area contributed by atoms with Gasteiger partial charge in [0, 0.05) is 19.5 Å². The lowest BCUT2D eigenvalue weighted by molar-refractivity contribution is -0.144. The van der Waals surface area contributed by atoms with Gasteiger partial charge in [-0.05, 0) is 23.9 Å². The zero-order valence-corrected chi connectivity index (χ0v) is 12.3. The fourth-order valence-corrected chi connectivity index (χ4v) is 3.38. The maximum absolute atomic E-state index is 11.5. The van der Waals surface area contributed by atoms with Gasteiger partial charge in [-0.1, -0.05) is 0 Å². The fraction of sp³-hybridized carbons (Fsp3) is 0.357. The summed E-state index contributed by atoms with van der Waals surface area (Å²) in [6.07, 6.45) is 2.00. The Labute approximate surface area is 125 Å². The minimum Gasteiger partial charge on any atom is -0.480 e. The van der Waals surface area contributed by atoms with Gasteiger partial charge in [-0.25, -0.2) is 4.98 Å². The van der Waals surface area contributed by atoms with E-state index in [1.165, 1.54) is 18.3 Å². The van der Waals surface area contributed by atoms with E-state index in [4.69, 9.17) is 0 Å². The van der Waals surface area contributed by atoms with Crippen molar-refractivity contribution in [2.75, 3.05) is 0 Å². The van der Waals surface area contributed by atoms with Crippen LogP contribution in [0.25, 0.3) is 0 Å². The molecular formula is C14H15N3O3S. The van der Waals surface area contributed by atoms with Crippen LogP contribution in [0.5, 0.6) is 0 Å². The van der Waals surface area contributed by atoms with Gasteiger partial charge >= 0.3 is 5.97 Å². The van der Waals surface area contributed by atoms with Crippen molar-refractivity contribution >= 4 is 23.1 Å². The second-order valence-electron chi connectivity index (χ2n) is 5.17. The van der Waals surface area contributed by atoms with Crippen molar-refractivity contribution in [2.45, 2.75) is 32.5 Å². The largest absolute Gasteiger partial charge is 0.480 e. The Morgan fingerprint density at radius 3 is 3.05 bits per heavy atom. The maximum Gasteiger partial charge on any atom is 0.321 e. The molecule has 2 aromatic heterocycles. The molecule has 1 aliphatic rings. The molecule has 110 valence electrons. The number of imidazole rings is 1. The highest BCUT2D eigenvalue weighted by atomic mass is 32.1. The standard InChI is InChI=1S/C14H15N3O3S/c1-8(18)13-2-9(6-21-13)4-17-5-11-10(15-7-16-11)3-12(17)14(19)20/h2,6-7,12H,3-5H2,1H3,(H,15,16)(H,19,20)/t12-/m1/s1. The van der Waals surface area contributed by atoms with Crippen LogP contribution in [0, 0.1) is 0 Å². The molecule has 0 fully saturated rings. The number of Topliss-reactive ketones (excluding diaryl/α,β-unsaturated/α-hetero) is 1. The number of fused-ring (bicyclic) bond motifs is 1. The van der Waals surface area contributed by atoms with Gasteiger partial charge in [0.1, 0.15) is 6.04 Å². The van der Waals surface area contributed by atoms with E-state index in [9.17, 15) is 14.7 Å². The number of thiophene rings is 1. The van der Waals surface area contributed by atoms with E-state index in [-0.39, 0.29) is 5.78 Å². The van der Waals surface area contributed by atoms with Gasteiger partial charge in [-0.2, -0.15) is 0 Å². The van der Waals surface area contributed by atoms with E-state index in [0.29, 0.717) is 24.4 Å². The Bertz CT molecular complexity index is 691. The number of H-pyrrole nitrogens is 1. The van der Waals surface area contributed by atoms with Gasteiger partial charge < -0.3 is 10.1 Å². The number of carbonyl (C=O) groups is 2. The molecule has 0 radical (unpaired) electrons. The number of hydrogen-bond acceptors (Lipinski definition) is 5. The molecule has 0 amide bonds. The van der Waals surface area contributed by atoms with Crippen LogP contribution in [0.15, 0.2) is 17.8 Å². The zero-order chi connectivity index (χ0) is 15.0. The van der Waals surface area contributed by atoms with Gasteiger partial charge in [0.2, 0.25) is 0 Å². The second kappa shape index (κ2) is 5.42. The first-order chi connectivity index (χ1) is 10.0. The van der Waals surface area contributed by atoms with E-state index in [1.807, 2.05) is 16.3 Å². The summed E-state index contributed by atoms with van der Waals surface area (Å²) >= 11 is 1.40. The molecule has 0 unspecified atom stereocenters. The van der Waals surface area contributed by atoms with Crippen molar-refractivity contribution < 1.29 is 14.7 Å². The summed E-state index contributed by atoms with van der Waals surface area (Å²) in [5, 5.41) is 11.3. The SMILES string of the molecule is CC(=O)c1cc(CN2Cc3[nH]cnc3C[C@@H]2C(=O)O)cs1. The minimum atomic E-state index is -0.842. The Hall–Kier alpha value is -1.99. The topological polar surface area (TPSA) is 86.3 Å². The molecule has 0 spiro atoms. The van der Waals surface area contributed by atoms with Gasteiger partial charge in [0.15, 0.2) is 5.78 Å². The van der Waals surface area contributed by atoms with Crippen LogP contribution >= 0.6 is 11.3 Å². The number of hydrogen-bond donors (Lipinski definition) is 2. The number of carboxylic acids is 1. The van der Waals surface area contributed by atoms with Crippen LogP contribution in [0.3, 0.4) is 0 Å². The van der Waals surface area contributed by atoms with E-state index >= 15 is 0 Å². The summed E-state index contributed by atoms with van der Waals surface area (Å²) in [6.45, 7) is 2.57. The van der Waals surface area contributed by atoms with Crippen molar-refractivity contribution in [2.24, 2.45) is 0 Å². The molecule has 0 bridgehead atoms. The number of aromatic nitrogens is 2. The van der Waals surface area contributed by atoms with Crippen LogP contribution in [-0.4, -0.2) is 37.8 Å². The third-order valence-corrected chi connectivity index (χ3v) is 4.75. The highest BCUT2D eigenvalue weighted by molar-refractivity contribution is 7.12. The Kier molecular flexibility index (Phi) is 3.60. The minimum absolute atomic E-state index is 0.0375. The van der Waals surface area contributed by atoms with E-state index in [2.05, 4.69) is 9.97 Å². The van der Waals surface area contributed by atoms with E-state index in [1.54, 1.807) is 6.33 Å². The monoisotopic (exact) mass is 305 g/mol. The third-order valence-electron chi connectivity index (χ3n) is 3.67. The molecule has 21 heavy (non-hydrogen) atoms. The quantitative estimate of drug-likeness (QED) is 0.839. The zero-order valence-electron chi connectivity index (χ0n) is 11.5. The van der Waals surface area contributed by atoms with Crippen molar-refractivity contribution in [3.05, 3.63) is 39.6 Å². The molecule has 2 aromatic rings. The summed E-state index contributed by atoms with van der Waals surface area (Å²) in [5.74, 6) is -0.804. The lowest BCUT2D eigenvalue weighted by Crippen LogP contribution is -2.45. The predicted octanol–water partition coefficient (Wildman–Crippen LogP) is 1.69. The molecule has 3 heterocycles. The number of aliphatic carboxylic acids is 1. The molecule has 2 N–H and O–H groups in total. The summed E-state index contributed by atoms with van der Waals surface area (Å²) in [5.41, 5.74) is 2.77. The predicted molar refractivity (Wildman–Crippen MR) is 77.3 cm³/mol. The van der Waals surface area contributed by atoms with E-state index < -0.39 is 12.0 Å². The summed E-state index contributed by atoms with van der Waals surface area (Å²) in [6, 6.07) is 1.26. The first-order valence-electron chi connectivity index (χ1n) is 6.61. The summed E-state index contributed by atoms with van der Waals surface area (Å²) in [7, 11) is 0. The van der Waals surface area contributed by atoms with Gasteiger partial charge in [-0.15, -0.1) is 11.3 Å². The summed E-state index contributed by atoms with van der Waals surface area (Å²) < 4.78 is 0. The maximum atomic E-state index is 11.5. The highest BCUT2D eigenvalue weighted by Crippen LogP contribution is 2.24.